The number of ether oxygens (including phenoxy) is 2. The molecule has 2 unspecified atom stereocenters. The number of hydrogen-bond acceptors (Lipinski definition) is 4. The maximum atomic E-state index is 10.8. The average molecular weight is 247 g/mol. The van der Waals surface area contributed by atoms with Crippen molar-refractivity contribution >= 4 is 5.94 Å². The van der Waals surface area contributed by atoms with Gasteiger partial charge in [-0.25, -0.2) is 4.79 Å². The topological polar surface area (TPSA) is 38.8 Å². The summed E-state index contributed by atoms with van der Waals surface area (Å²) in [5.41, 5.74) is 0.996. The fraction of sp³-hybridized carbons (Fsp3) is 0.429. The zero-order chi connectivity index (χ0) is 13.0. The van der Waals surface area contributed by atoms with E-state index in [1.54, 1.807) is 7.11 Å². The van der Waals surface area contributed by atoms with E-state index in [0.717, 1.165) is 12.1 Å². The van der Waals surface area contributed by atoms with Crippen LogP contribution in [0.25, 0.3) is 0 Å². The first-order valence-corrected chi connectivity index (χ1v) is 6.02. The highest BCUT2D eigenvalue weighted by molar-refractivity contribution is 5.50. The van der Waals surface area contributed by atoms with Crippen LogP contribution in [0, 0.1) is 0 Å². The molecule has 0 N–H and O–H groups in total. The smallest absolute Gasteiger partial charge is 0.194 e. The Morgan fingerprint density at radius 3 is 2.72 bits per heavy atom. The van der Waals surface area contributed by atoms with E-state index in [0.29, 0.717) is 12.3 Å². The molecular formula is C14H17NO3. The second-order valence-electron chi connectivity index (χ2n) is 4.16. The Hall–Kier alpha value is -1.61. The van der Waals surface area contributed by atoms with Crippen LogP contribution in [0.15, 0.2) is 36.1 Å². The fourth-order valence-electron chi connectivity index (χ4n) is 2.21. The Morgan fingerprint density at radius 2 is 2.17 bits per heavy atom. The van der Waals surface area contributed by atoms with Gasteiger partial charge in [-0.05, 0) is 12.1 Å². The van der Waals surface area contributed by atoms with Gasteiger partial charge in [0.2, 0.25) is 0 Å². The highest BCUT2D eigenvalue weighted by Crippen LogP contribution is 2.31. The first kappa shape index (κ1) is 12.8. The largest absolute Gasteiger partial charge is 0.473 e. The quantitative estimate of drug-likeness (QED) is 0.763. The Labute approximate surface area is 107 Å². The van der Waals surface area contributed by atoms with E-state index in [2.05, 4.69) is 4.90 Å². The molecule has 2 rings (SSSR count). The Morgan fingerprint density at radius 1 is 1.44 bits per heavy atom. The van der Waals surface area contributed by atoms with Gasteiger partial charge in [-0.1, -0.05) is 37.3 Å². The van der Waals surface area contributed by atoms with Crippen molar-refractivity contribution in [2.24, 2.45) is 0 Å². The first-order chi connectivity index (χ1) is 8.80. The number of benzene rings is 1. The van der Waals surface area contributed by atoms with Crippen molar-refractivity contribution in [2.75, 3.05) is 20.2 Å². The van der Waals surface area contributed by atoms with Crippen LogP contribution >= 0.6 is 0 Å². The molecule has 96 valence electrons. The van der Waals surface area contributed by atoms with E-state index in [1.807, 2.05) is 43.2 Å². The molecule has 1 fully saturated rings. The minimum Gasteiger partial charge on any atom is -0.473 e. The molecule has 0 spiro atoms. The van der Waals surface area contributed by atoms with Gasteiger partial charge in [0, 0.05) is 7.11 Å². The van der Waals surface area contributed by atoms with Crippen LogP contribution < -0.4 is 0 Å². The second kappa shape index (κ2) is 5.83. The van der Waals surface area contributed by atoms with Gasteiger partial charge in [0.15, 0.2) is 24.0 Å². The van der Waals surface area contributed by atoms with Crippen LogP contribution in [-0.2, 0) is 14.3 Å². The van der Waals surface area contributed by atoms with Crippen molar-refractivity contribution in [2.45, 2.75) is 19.3 Å². The lowest BCUT2D eigenvalue weighted by Gasteiger charge is -2.39. The van der Waals surface area contributed by atoms with Crippen molar-refractivity contribution in [1.82, 2.24) is 4.90 Å². The predicted molar refractivity (Wildman–Crippen MR) is 67.5 cm³/mol. The number of rotatable bonds is 3. The summed E-state index contributed by atoms with van der Waals surface area (Å²) >= 11 is 0. The number of likely N-dealkylation sites (N-methyl/N-ethyl adjacent to an activating group) is 1. The summed E-state index contributed by atoms with van der Waals surface area (Å²) in [5.74, 6) is 2.19. The summed E-state index contributed by atoms with van der Waals surface area (Å²) < 4.78 is 11.2. The number of nitrogens with zero attached hydrogens (tertiary/aromatic N) is 1. The molecule has 0 bridgehead atoms. The molecule has 0 radical (unpaired) electrons. The van der Waals surface area contributed by atoms with Gasteiger partial charge in [-0.3, -0.25) is 4.90 Å². The summed E-state index contributed by atoms with van der Waals surface area (Å²) in [5, 5.41) is 0. The summed E-state index contributed by atoms with van der Waals surface area (Å²) in [6.07, 6.45) is -0.476. The molecule has 1 saturated heterocycles. The van der Waals surface area contributed by atoms with Gasteiger partial charge in [0.25, 0.3) is 0 Å². The number of carbonyl (C=O) groups excluding carboxylic acids is 1. The Bertz CT molecular complexity index is 440. The predicted octanol–water partition coefficient (Wildman–Crippen LogP) is 1.77. The molecule has 18 heavy (non-hydrogen) atoms. The molecule has 0 aromatic heterocycles. The van der Waals surface area contributed by atoms with Crippen LogP contribution in [0.3, 0.4) is 0 Å². The number of methoxy groups -OCH3 is 1. The highest BCUT2D eigenvalue weighted by atomic mass is 16.6. The van der Waals surface area contributed by atoms with Crippen LogP contribution in [0.5, 0.6) is 0 Å². The molecule has 4 heteroatoms. The summed E-state index contributed by atoms with van der Waals surface area (Å²) in [4.78, 5) is 12.9. The standard InChI is InChI=1S/C14H17NO3/c1-3-15-9-12(10-16)18-13(14(15)17-2)11-7-5-4-6-8-11/h4-8,13-14H,3,9H2,1-2H3. The van der Waals surface area contributed by atoms with Crippen LogP contribution in [0.4, 0.5) is 0 Å². The molecule has 0 aliphatic carbocycles. The molecule has 1 heterocycles. The lowest BCUT2D eigenvalue weighted by atomic mass is 10.1. The molecule has 4 nitrogen and oxygen atoms in total. The molecule has 0 amide bonds. The molecule has 0 saturated carbocycles. The van der Waals surface area contributed by atoms with Crippen molar-refractivity contribution in [1.29, 1.82) is 0 Å². The van der Waals surface area contributed by atoms with E-state index < -0.39 is 0 Å². The van der Waals surface area contributed by atoms with Gasteiger partial charge in [-0.2, -0.15) is 0 Å². The number of morpholine rings is 1. The van der Waals surface area contributed by atoms with E-state index in [4.69, 9.17) is 9.47 Å². The Kier molecular flexibility index (Phi) is 4.15. The van der Waals surface area contributed by atoms with Crippen LogP contribution in [-0.4, -0.2) is 37.3 Å². The molecule has 1 aliphatic heterocycles. The molecule has 1 aliphatic rings. The summed E-state index contributed by atoms with van der Waals surface area (Å²) in [7, 11) is 1.66. The number of hydrogen-bond donors (Lipinski definition) is 0. The maximum Gasteiger partial charge on any atom is 0.194 e. The van der Waals surface area contributed by atoms with Gasteiger partial charge in [0.1, 0.15) is 0 Å². The van der Waals surface area contributed by atoms with Crippen molar-refractivity contribution in [3.8, 4) is 0 Å². The fourth-order valence-corrected chi connectivity index (χ4v) is 2.21. The first-order valence-electron chi connectivity index (χ1n) is 6.02. The lowest BCUT2D eigenvalue weighted by Crippen LogP contribution is -2.47. The minimum absolute atomic E-state index is 0.186. The van der Waals surface area contributed by atoms with Crippen LogP contribution in [0.1, 0.15) is 18.6 Å². The zero-order valence-corrected chi connectivity index (χ0v) is 10.6. The van der Waals surface area contributed by atoms with E-state index in [1.165, 1.54) is 0 Å². The minimum atomic E-state index is -0.290. The van der Waals surface area contributed by atoms with Crippen molar-refractivity contribution < 1.29 is 14.3 Å². The summed E-state index contributed by atoms with van der Waals surface area (Å²) in [6.45, 7) is 3.26. The highest BCUT2D eigenvalue weighted by Gasteiger charge is 2.35. The monoisotopic (exact) mass is 247 g/mol. The average Bonchev–Trinajstić information content (AvgIpc) is 2.46. The van der Waals surface area contributed by atoms with Gasteiger partial charge in [-0.15, -0.1) is 0 Å². The van der Waals surface area contributed by atoms with Crippen LogP contribution in [0.2, 0.25) is 0 Å². The summed E-state index contributed by atoms with van der Waals surface area (Å²) in [6, 6.07) is 9.78. The molecular weight excluding hydrogens is 230 g/mol. The third kappa shape index (κ3) is 2.46. The molecule has 1 aromatic carbocycles. The lowest BCUT2D eigenvalue weighted by molar-refractivity contribution is -0.145. The molecule has 2 atom stereocenters. The van der Waals surface area contributed by atoms with Gasteiger partial charge >= 0.3 is 0 Å². The van der Waals surface area contributed by atoms with Gasteiger partial charge in [0.05, 0.1) is 6.54 Å². The third-order valence-electron chi connectivity index (χ3n) is 3.12. The van der Waals surface area contributed by atoms with Crippen molar-refractivity contribution in [3.63, 3.8) is 0 Å². The normalized spacial score (nSPS) is 24.4. The Balaban J connectivity index is 2.32. The van der Waals surface area contributed by atoms with E-state index in [-0.39, 0.29) is 12.3 Å². The maximum absolute atomic E-state index is 10.8. The van der Waals surface area contributed by atoms with Gasteiger partial charge < -0.3 is 9.47 Å². The molecule has 1 aromatic rings. The van der Waals surface area contributed by atoms with E-state index >= 15 is 0 Å². The second-order valence-corrected chi connectivity index (χ2v) is 4.16. The zero-order valence-electron chi connectivity index (χ0n) is 10.6. The van der Waals surface area contributed by atoms with E-state index in [9.17, 15) is 4.79 Å². The van der Waals surface area contributed by atoms with Crippen molar-refractivity contribution in [3.05, 3.63) is 41.7 Å². The third-order valence-corrected chi connectivity index (χ3v) is 3.12. The SMILES string of the molecule is CCN1CC(=C=O)OC(c2ccccc2)C1OC.